The molecule has 1 fully saturated rings. The van der Waals surface area contributed by atoms with E-state index in [0.29, 0.717) is 30.7 Å². The van der Waals surface area contributed by atoms with Gasteiger partial charge in [-0.25, -0.2) is 4.39 Å². The molecule has 1 aromatic carbocycles. The van der Waals surface area contributed by atoms with E-state index in [1.165, 1.54) is 0 Å². The molecule has 1 aliphatic rings. The Balaban J connectivity index is 1.30. The summed E-state index contributed by atoms with van der Waals surface area (Å²) in [4.78, 5) is 23.0. The summed E-state index contributed by atoms with van der Waals surface area (Å²) in [6.45, 7) is 2.29. The van der Waals surface area contributed by atoms with Crippen molar-refractivity contribution in [3.05, 3.63) is 66.1 Å². The molecule has 35 heavy (non-hydrogen) atoms. The number of fused-ring (bicyclic) bond motifs is 1. The van der Waals surface area contributed by atoms with Crippen molar-refractivity contribution in [2.24, 2.45) is 11.8 Å². The predicted molar refractivity (Wildman–Crippen MR) is 134 cm³/mol. The van der Waals surface area contributed by atoms with Crippen LogP contribution in [0.4, 0.5) is 4.39 Å². The number of methoxy groups -OCH3 is 1. The van der Waals surface area contributed by atoms with Gasteiger partial charge in [0.1, 0.15) is 11.9 Å². The summed E-state index contributed by atoms with van der Waals surface area (Å²) in [6, 6.07) is 13.1. The first-order chi connectivity index (χ1) is 17.0. The largest absolute Gasteiger partial charge is 0.497 e. The summed E-state index contributed by atoms with van der Waals surface area (Å²) < 4.78 is 20.7. The minimum absolute atomic E-state index is 0.0156. The Bertz CT molecular complexity index is 1110. The van der Waals surface area contributed by atoms with Crippen molar-refractivity contribution in [2.75, 3.05) is 26.7 Å². The zero-order valence-corrected chi connectivity index (χ0v) is 20.3. The Morgan fingerprint density at radius 2 is 2.09 bits per heavy atom. The monoisotopic (exact) mass is 479 g/mol. The normalized spacial score (nSPS) is 19.5. The number of nitrogens with zero attached hydrogens (tertiary/aromatic N) is 3. The Morgan fingerprint density at radius 1 is 1.20 bits per heavy atom. The molecule has 0 unspecified atom stereocenters. The molecule has 3 heterocycles. The van der Waals surface area contributed by atoms with Crippen LogP contribution in [-0.2, 0) is 11.2 Å². The summed E-state index contributed by atoms with van der Waals surface area (Å²) in [7, 11) is 1.59. The fourth-order valence-corrected chi connectivity index (χ4v) is 5.15. The molecule has 1 saturated heterocycles. The van der Waals surface area contributed by atoms with Gasteiger partial charge in [0, 0.05) is 30.0 Å². The fourth-order valence-electron chi connectivity index (χ4n) is 5.15. The molecule has 0 radical (unpaired) electrons. The number of likely N-dealkylation sites (tertiary alicyclic amines) is 1. The molecule has 1 N–H and O–H groups in total. The van der Waals surface area contributed by atoms with E-state index in [0.717, 1.165) is 55.4 Å². The number of pyridine rings is 2. The molecule has 0 spiro atoms. The lowest BCUT2D eigenvalue weighted by molar-refractivity contribution is -0.146. The minimum Gasteiger partial charge on any atom is -0.497 e. The Hall–Kier alpha value is -3.06. The third-order valence-corrected chi connectivity index (χ3v) is 7.15. The molecule has 3 aromatic rings. The molecular weight excluding hydrogens is 445 g/mol. The van der Waals surface area contributed by atoms with E-state index in [-0.39, 0.29) is 5.92 Å². The topological polar surface area (TPSA) is 75.5 Å². The third-order valence-electron chi connectivity index (χ3n) is 7.15. The molecule has 4 rings (SSSR count). The molecule has 6 nitrogen and oxygen atoms in total. The van der Waals surface area contributed by atoms with Gasteiger partial charge in [-0.1, -0.05) is 6.07 Å². The first kappa shape index (κ1) is 25.0. The van der Waals surface area contributed by atoms with Crippen LogP contribution in [0.2, 0.25) is 0 Å². The molecule has 1 aliphatic heterocycles. The van der Waals surface area contributed by atoms with Gasteiger partial charge < -0.3 is 14.7 Å². The van der Waals surface area contributed by atoms with E-state index in [1.54, 1.807) is 19.4 Å². The molecular formula is C28H34FN3O3. The highest BCUT2D eigenvalue weighted by Crippen LogP contribution is 2.35. The number of aliphatic carboxylic acids is 1. The van der Waals surface area contributed by atoms with Crippen LogP contribution in [-0.4, -0.2) is 52.7 Å². The number of ether oxygens (including phenoxy) is 1. The maximum Gasteiger partial charge on any atom is 0.308 e. The number of aryl methyl sites for hydroxylation is 1. The lowest BCUT2D eigenvalue weighted by Crippen LogP contribution is -2.44. The quantitative estimate of drug-likeness (QED) is 0.367. The molecule has 2 aromatic heterocycles. The van der Waals surface area contributed by atoms with Crippen LogP contribution in [0.5, 0.6) is 5.75 Å². The number of carboxylic acids is 1. The summed E-state index contributed by atoms with van der Waals surface area (Å²) in [6.07, 6.45) is 6.89. The summed E-state index contributed by atoms with van der Waals surface area (Å²) in [5.41, 5.74) is 2.41. The van der Waals surface area contributed by atoms with Crippen LogP contribution in [0.3, 0.4) is 0 Å². The number of alkyl halides is 1. The second-order valence-electron chi connectivity index (χ2n) is 9.40. The van der Waals surface area contributed by atoms with Gasteiger partial charge in [0.2, 0.25) is 0 Å². The van der Waals surface area contributed by atoms with Gasteiger partial charge in [-0.3, -0.25) is 14.8 Å². The van der Waals surface area contributed by atoms with Crippen LogP contribution >= 0.6 is 0 Å². The van der Waals surface area contributed by atoms with Gasteiger partial charge in [-0.05, 0) is 99.5 Å². The molecule has 0 amide bonds. The lowest BCUT2D eigenvalue weighted by Gasteiger charge is -2.37. The highest BCUT2D eigenvalue weighted by Gasteiger charge is 2.34. The first-order valence-electron chi connectivity index (χ1n) is 12.5. The molecule has 3 atom stereocenters. The predicted octanol–water partition coefficient (Wildman–Crippen LogP) is 5.47. The van der Waals surface area contributed by atoms with E-state index >= 15 is 4.39 Å². The second-order valence-corrected chi connectivity index (χ2v) is 9.40. The molecule has 0 saturated carbocycles. The maximum absolute atomic E-state index is 15.4. The number of carboxylic acid groups (broad SMARTS) is 1. The van der Waals surface area contributed by atoms with Crippen molar-refractivity contribution in [3.63, 3.8) is 0 Å². The van der Waals surface area contributed by atoms with E-state index in [1.807, 2.05) is 42.6 Å². The van der Waals surface area contributed by atoms with Crippen molar-refractivity contribution in [2.45, 2.75) is 44.7 Å². The molecule has 186 valence electrons. The SMILES string of the molecule is COc1ccc2nccc([C@H](F)CC[C@@H]3CCN(CCCCc4ccccn4)C[C@@H]3C(=O)O)c2c1. The summed E-state index contributed by atoms with van der Waals surface area (Å²) in [5.74, 6) is -0.584. The number of halogens is 1. The fraction of sp³-hybridized carbons (Fsp3) is 0.464. The van der Waals surface area contributed by atoms with Gasteiger partial charge in [-0.15, -0.1) is 0 Å². The number of aromatic nitrogens is 2. The van der Waals surface area contributed by atoms with Crippen molar-refractivity contribution in [1.29, 1.82) is 0 Å². The van der Waals surface area contributed by atoms with E-state index in [9.17, 15) is 9.90 Å². The van der Waals surface area contributed by atoms with Crippen LogP contribution < -0.4 is 4.74 Å². The minimum atomic E-state index is -1.17. The Morgan fingerprint density at radius 3 is 2.86 bits per heavy atom. The van der Waals surface area contributed by atoms with Crippen molar-refractivity contribution < 1.29 is 19.0 Å². The average molecular weight is 480 g/mol. The number of benzene rings is 1. The number of hydrogen-bond acceptors (Lipinski definition) is 5. The lowest BCUT2D eigenvalue weighted by atomic mass is 9.81. The van der Waals surface area contributed by atoms with E-state index < -0.39 is 18.1 Å². The zero-order valence-electron chi connectivity index (χ0n) is 20.3. The number of unbranched alkanes of at least 4 members (excludes halogenated alkanes) is 1. The number of carbonyl (C=O) groups is 1. The smallest absolute Gasteiger partial charge is 0.308 e. The first-order valence-corrected chi connectivity index (χ1v) is 12.5. The second kappa shape index (κ2) is 12.1. The Labute approximate surface area is 206 Å². The molecule has 0 aliphatic carbocycles. The third kappa shape index (κ3) is 6.54. The maximum atomic E-state index is 15.4. The van der Waals surface area contributed by atoms with Gasteiger partial charge in [0.25, 0.3) is 0 Å². The van der Waals surface area contributed by atoms with Crippen molar-refractivity contribution in [1.82, 2.24) is 14.9 Å². The van der Waals surface area contributed by atoms with Gasteiger partial charge in [-0.2, -0.15) is 0 Å². The van der Waals surface area contributed by atoms with Crippen LogP contribution in [0, 0.1) is 11.8 Å². The van der Waals surface area contributed by atoms with Crippen LogP contribution in [0.15, 0.2) is 54.9 Å². The van der Waals surface area contributed by atoms with E-state index in [4.69, 9.17) is 4.74 Å². The van der Waals surface area contributed by atoms with Crippen LogP contribution in [0.1, 0.15) is 49.5 Å². The number of piperidine rings is 1. The van der Waals surface area contributed by atoms with Crippen molar-refractivity contribution >= 4 is 16.9 Å². The number of hydrogen-bond donors (Lipinski definition) is 1. The average Bonchev–Trinajstić information content (AvgIpc) is 2.89. The van der Waals surface area contributed by atoms with E-state index in [2.05, 4.69) is 14.9 Å². The highest BCUT2D eigenvalue weighted by molar-refractivity contribution is 5.83. The summed E-state index contributed by atoms with van der Waals surface area (Å²) in [5, 5.41) is 10.6. The molecule has 7 heteroatoms. The van der Waals surface area contributed by atoms with Gasteiger partial charge in [0.05, 0.1) is 18.5 Å². The zero-order chi connectivity index (χ0) is 24.6. The summed E-state index contributed by atoms with van der Waals surface area (Å²) >= 11 is 0. The highest BCUT2D eigenvalue weighted by atomic mass is 19.1. The molecule has 0 bridgehead atoms. The van der Waals surface area contributed by atoms with Crippen molar-refractivity contribution in [3.8, 4) is 5.75 Å². The van der Waals surface area contributed by atoms with Gasteiger partial charge in [0.15, 0.2) is 0 Å². The van der Waals surface area contributed by atoms with Crippen LogP contribution in [0.25, 0.3) is 10.9 Å². The Kier molecular flexibility index (Phi) is 8.64. The standard InChI is InChI=1S/C28H34FN3O3/c1-35-22-9-11-27-24(18-22)23(12-15-31-27)26(29)10-8-20-13-17-32(19-25(20)28(33)34)16-5-3-7-21-6-2-4-14-30-21/h2,4,6,9,11-12,14-15,18,20,25-26H,3,5,7-8,10,13,16-17,19H2,1H3,(H,33,34)/t20-,25+,26-/m1/s1. The van der Waals surface area contributed by atoms with Gasteiger partial charge >= 0.3 is 5.97 Å². The number of rotatable bonds is 11.